The second-order valence-electron chi connectivity index (χ2n) is 5.03. The van der Waals surface area contributed by atoms with Crippen LogP contribution in [0.25, 0.3) is 0 Å². The van der Waals surface area contributed by atoms with Gasteiger partial charge in [0.05, 0.1) is 0 Å². The highest BCUT2D eigenvalue weighted by molar-refractivity contribution is 6.30. The lowest BCUT2D eigenvalue weighted by molar-refractivity contribution is 0.443. The zero-order chi connectivity index (χ0) is 11.6. The minimum Gasteiger partial charge on any atom is -0.312 e. The van der Waals surface area contributed by atoms with Gasteiger partial charge < -0.3 is 5.32 Å². The average Bonchev–Trinajstić information content (AvgIpc) is 3.02. The zero-order valence-corrected chi connectivity index (χ0v) is 10.9. The van der Waals surface area contributed by atoms with Gasteiger partial charge in [-0.25, -0.2) is 0 Å². The van der Waals surface area contributed by atoms with Crippen molar-refractivity contribution in [1.29, 1.82) is 0 Å². The number of halogens is 1. The van der Waals surface area contributed by atoms with E-state index in [1.54, 1.807) is 0 Å². The quantitative estimate of drug-likeness (QED) is 0.818. The first-order valence-electron chi connectivity index (χ1n) is 6.11. The fraction of sp³-hybridized carbons (Fsp3) is 0.571. The molecule has 1 aliphatic carbocycles. The molecule has 1 aliphatic rings. The topological polar surface area (TPSA) is 12.0 Å². The molecule has 88 valence electrons. The Kier molecular flexibility index (Phi) is 3.56. The summed E-state index contributed by atoms with van der Waals surface area (Å²) >= 11 is 5.94. The van der Waals surface area contributed by atoms with E-state index in [4.69, 9.17) is 11.6 Å². The van der Waals surface area contributed by atoms with E-state index in [0.29, 0.717) is 5.41 Å². The molecule has 2 heteroatoms. The highest BCUT2D eigenvalue weighted by atomic mass is 35.5. The molecule has 1 fully saturated rings. The molecule has 1 aromatic rings. The minimum absolute atomic E-state index is 0.625. The molecule has 1 aromatic carbocycles. The standard InChI is InChI=1S/C14H20ClN/c1-3-14(6-7-14)10-16-9-12-4-5-13(15)8-11(12)2/h4-5,8,16H,3,6-7,9-10H2,1-2H3. The van der Waals surface area contributed by atoms with E-state index in [9.17, 15) is 0 Å². The molecule has 16 heavy (non-hydrogen) atoms. The summed E-state index contributed by atoms with van der Waals surface area (Å²) in [6.45, 7) is 6.54. The van der Waals surface area contributed by atoms with Crippen molar-refractivity contribution in [3.63, 3.8) is 0 Å². The Morgan fingerprint density at radius 1 is 1.38 bits per heavy atom. The summed E-state index contributed by atoms with van der Waals surface area (Å²) in [7, 11) is 0. The first-order chi connectivity index (χ1) is 7.65. The third kappa shape index (κ3) is 2.78. The first-order valence-corrected chi connectivity index (χ1v) is 6.49. The highest BCUT2D eigenvalue weighted by Crippen LogP contribution is 2.47. The van der Waals surface area contributed by atoms with Crippen LogP contribution in [0.5, 0.6) is 0 Å². The fourth-order valence-electron chi connectivity index (χ4n) is 2.15. The molecule has 0 heterocycles. The molecule has 0 saturated heterocycles. The van der Waals surface area contributed by atoms with Gasteiger partial charge in [-0.2, -0.15) is 0 Å². The van der Waals surface area contributed by atoms with Crippen molar-refractivity contribution in [3.8, 4) is 0 Å². The van der Waals surface area contributed by atoms with Crippen LogP contribution in [0, 0.1) is 12.3 Å². The Balaban J connectivity index is 1.85. The average molecular weight is 238 g/mol. The Morgan fingerprint density at radius 3 is 2.69 bits per heavy atom. The molecular formula is C14H20ClN. The van der Waals surface area contributed by atoms with Crippen LogP contribution in [0.1, 0.15) is 37.3 Å². The van der Waals surface area contributed by atoms with Gasteiger partial charge in [0.15, 0.2) is 0 Å². The Hall–Kier alpha value is -0.530. The molecule has 0 aromatic heterocycles. The Bertz CT molecular complexity index is 369. The Morgan fingerprint density at radius 2 is 2.12 bits per heavy atom. The maximum atomic E-state index is 5.94. The summed E-state index contributed by atoms with van der Waals surface area (Å²) in [4.78, 5) is 0. The lowest BCUT2D eigenvalue weighted by Crippen LogP contribution is -2.23. The van der Waals surface area contributed by atoms with Gasteiger partial charge in [0.1, 0.15) is 0 Å². The van der Waals surface area contributed by atoms with Crippen LogP contribution in [0.4, 0.5) is 0 Å². The second kappa shape index (κ2) is 4.77. The number of aryl methyl sites for hydroxylation is 1. The van der Waals surface area contributed by atoms with E-state index in [0.717, 1.165) is 18.1 Å². The number of nitrogens with one attached hydrogen (secondary N) is 1. The van der Waals surface area contributed by atoms with Crippen LogP contribution >= 0.6 is 11.6 Å². The van der Waals surface area contributed by atoms with Gasteiger partial charge in [-0.1, -0.05) is 24.6 Å². The van der Waals surface area contributed by atoms with Gasteiger partial charge in [0, 0.05) is 18.1 Å². The normalized spacial score (nSPS) is 17.4. The molecule has 0 unspecified atom stereocenters. The van der Waals surface area contributed by atoms with Gasteiger partial charge >= 0.3 is 0 Å². The maximum absolute atomic E-state index is 5.94. The molecule has 0 atom stereocenters. The van der Waals surface area contributed by atoms with E-state index in [1.807, 2.05) is 12.1 Å². The van der Waals surface area contributed by atoms with Crippen molar-refractivity contribution < 1.29 is 0 Å². The van der Waals surface area contributed by atoms with Crippen molar-refractivity contribution in [2.45, 2.75) is 39.7 Å². The molecule has 1 N–H and O–H groups in total. The molecule has 1 nitrogen and oxygen atoms in total. The van der Waals surface area contributed by atoms with Crippen LogP contribution in [-0.4, -0.2) is 6.54 Å². The van der Waals surface area contributed by atoms with E-state index in [1.165, 1.54) is 30.4 Å². The summed E-state index contributed by atoms with van der Waals surface area (Å²) in [5.74, 6) is 0. The zero-order valence-electron chi connectivity index (χ0n) is 10.1. The maximum Gasteiger partial charge on any atom is 0.0408 e. The summed E-state index contributed by atoms with van der Waals surface area (Å²) in [5.41, 5.74) is 3.26. The van der Waals surface area contributed by atoms with Crippen LogP contribution < -0.4 is 5.32 Å². The summed E-state index contributed by atoms with van der Waals surface area (Å²) < 4.78 is 0. The summed E-state index contributed by atoms with van der Waals surface area (Å²) in [6, 6.07) is 6.12. The molecule has 0 aliphatic heterocycles. The minimum atomic E-state index is 0.625. The van der Waals surface area contributed by atoms with Crippen molar-refractivity contribution >= 4 is 11.6 Å². The predicted octanol–water partition coefficient (Wildman–Crippen LogP) is 3.93. The van der Waals surface area contributed by atoms with Gasteiger partial charge in [0.2, 0.25) is 0 Å². The molecular weight excluding hydrogens is 218 g/mol. The van der Waals surface area contributed by atoms with E-state index >= 15 is 0 Å². The van der Waals surface area contributed by atoms with Crippen molar-refractivity contribution in [2.75, 3.05) is 6.54 Å². The van der Waals surface area contributed by atoms with E-state index in [-0.39, 0.29) is 0 Å². The highest BCUT2D eigenvalue weighted by Gasteiger charge is 2.39. The lowest BCUT2D eigenvalue weighted by atomic mass is 10.0. The number of hydrogen-bond acceptors (Lipinski definition) is 1. The van der Waals surface area contributed by atoms with Crippen LogP contribution in [0.3, 0.4) is 0 Å². The van der Waals surface area contributed by atoms with Crippen molar-refractivity contribution in [2.24, 2.45) is 5.41 Å². The molecule has 0 amide bonds. The third-order valence-electron chi connectivity index (χ3n) is 3.83. The Labute approximate surface area is 103 Å². The number of hydrogen-bond donors (Lipinski definition) is 1. The summed E-state index contributed by atoms with van der Waals surface area (Å²) in [6.07, 6.45) is 4.10. The summed E-state index contributed by atoms with van der Waals surface area (Å²) in [5, 5.41) is 4.40. The molecule has 1 saturated carbocycles. The fourth-order valence-corrected chi connectivity index (χ4v) is 2.38. The number of rotatable bonds is 5. The van der Waals surface area contributed by atoms with Crippen LogP contribution in [-0.2, 0) is 6.54 Å². The molecule has 2 rings (SSSR count). The SMILES string of the molecule is CCC1(CNCc2ccc(Cl)cc2C)CC1. The van der Waals surface area contributed by atoms with Crippen molar-refractivity contribution in [1.82, 2.24) is 5.32 Å². The monoisotopic (exact) mass is 237 g/mol. The largest absolute Gasteiger partial charge is 0.312 e. The van der Waals surface area contributed by atoms with Crippen molar-refractivity contribution in [3.05, 3.63) is 34.3 Å². The first kappa shape index (κ1) is 11.9. The predicted molar refractivity (Wildman–Crippen MR) is 69.9 cm³/mol. The van der Waals surface area contributed by atoms with E-state index in [2.05, 4.69) is 25.2 Å². The van der Waals surface area contributed by atoms with Gasteiger partial charge in [-0.15, -0.1) is 0 Å². The molecule has 0 spiro atoms. The van der Waals surface area contributed by atoms with E-state index < -0.39 is 0 Å². The van der Waals surface area contributed by atoms with Crippen LogP contribution in [0.2, 0.25) is 5.02 Å². The smallest absolute Gasteiger partial charge is 0.0408 e. The number of benzene rings is 1. The van der Waals surface area contributed by atoms with Gasteiger partial charge in [0.25, 0.3) is 0 Å². The lowest BCUT2D eigenvalue weighted by Gasteiger charge is -2.14. The molecule has 0 radical (unpaired) electrons. The second-order valence-corrected chi connectivity index (χ2v) is 5.46. The van der Waals surface area contributed by atoms with Crippen LogP contribution in [0.15, 0.2) is 18.2 Å². The van der Waals surface area contributed by atoms with Gasteiger partial charge in [-0.05, 0) is 54.9 Å². The third-order valence-corrected chi connectivity index (χ3v) is 4.06. The van der Waals surface area contributed by atoms with Gasteiger partial charge in [-0.3, -0.25) is 0 Å². The molecule has 0 bridgehead atoms.